The average molecular weight is 331 g/mol. The van der Waals surface area contributed by atoms with Crippen molar-refractivity contribution in [2.45, 2.75) is 53.4 Å². The first kappa shape index (κ1) is 17.6. The van der Waals surface area contributed by atoms with Crippen LogP contribution in [0.5, 0.6) is 0 Å². The maximum absolute atomic E-state index is 12.4. The van der Waals surface area contributed by atoms with E-state index in [4.69, 9.17) is 0 Å². The number of hydrogen-bond acceptors (Lipinski definition) is 4. The second-order valence-electron chi connectivity index (χ2n) is 6.18. The van der Waals surface area contributed by atoms with Crippen LogP contribution < -0.4 is 5.56 Å². The Bertz CT molecular complexity index is 766. The van der Waals surface area contributed by atoms with E-state index in [2.05, 4.69) is 43.9 Å². The number of fused-ring (bicyclic) bond motifs is 1. The van der Waals surface area contributed by atoms with E-state index in [1.165, 1.54) is 21.5 Å². The molecule has 124 valence electrons. The Morgan fingerprint density at radius 1 is 1.48 bits per heavy atom. The summed E-state index contributed by atoms with van der Waals surface area (Å²) in [6, 6.07) is 1.93. The molecule has 0 fully saturated rings. The van der Waals surface area contributed by atoms with Gasteiger partial charge in [0.2, 0.25) is 0 Å². The summed E-state index contributed by atoms with van der Waals surface area (Å²) in [5, 5.41) is 4.95. The smallest absolute Gasteiger partial charge is 0.267 e. The second kappa shape index (κ2) is 8.20. The quantitative estimate of drug-likeness (QED) is 0.548. The van der Waals surface area contributed by atoms with Gasteiger partial charge in [0.1, 0.15) is 11.2 Å². The van der Waals surface area contributed by atoms with Crippen LogP contribution in [-0.4, -0.2) is 15.9 Å². The van der Waals surface area contributed by atoms with Gasteiger partial charge in [-0.2, -0.15) is 9.78 Å². The predicted molar refractivity (Wildman–Crippen MR) is 99.6 cm³/mol. The van der Waals surface area contributed by atoms with Gasteiger partial charge in [-0.05, 0) is 51.5 Å². The van der Waals surface area contributed by atoms with E-state index in [1.54, 1.807) is 11.3 Å². The van der Waals surface area contributed by atoms with Crippen molar-refractivity contribution in [3.63, 3.8) is 0 Å². The fourth-order valence-electron chi connectivity index (χ4n) is 2.31. The van der Waals surface area contributed by atoms with Gasteiger partial charge in [-0.15, -0.1) is 11.3 Å². The van der Waals surface area contributed by atoms with Crippen LogP contribution in [-0.2, 0) is 6.42 Å². The maximum atomic E-state index is 12.4. The van der Waals surface area contributed by atoms with Crippen LogP contribution in [0, 0.1) is 5.92 Å². The predicted octanol–water partition coefficient (Wildman–Crippen LogP) is 4.63. The number of allylic oxidation sites excluding steroid dienone is 2. The van der Waals surface area contributed by atoms with Crippen molar-refractivity contribution in [1.82, 2.24) is 9.66 Å². The lowest BCUT2D eigenvalue weighted by Crippen LogP contribution is -2.16. The molecule has 5 heteroatoms. The third kappa shape index (κ3) is 4.86. The summed E-state index contributed by atoms with van der Waals surface area (Å²) in [4.78, 5) is 18.7. The summed E-state index contributed by atoms with van der Waals surface area (Å²) < 4.78 is 1.34. The molecular formula is C18H25N3OS. The fraction of sp³-hybridized carbons (Fsp3) is 0.500. The minimum Gasteiger partial charge on any atom is -0.267 e. The SMILES string of the molecule is CCc1cc2c(=O)n(/N=C\C[C@@H](C)CCC=C(C)C)cnc2s1. The van der Waals surface area contributed by atoms with E-state index in [9.17, 15) is 4.79 Å². The first-order valence-corrected chi connectivity index (χ1v) is 8.99. The first-order chi connectivity index (χ1) is 11.0. The number of thiophene rings is 1. The van der Waals surface area contributed by atoms with Gasteiger partial charge in [0.15, 0.2) is 0 Å². The number of aryl methyl sites for hydroxylation is 1. The molecule has 0 bridgehead atoms. The van der Waals surface area contributed by atoms with Crippen molar-refractivity contribution >= 4 is 27.8 Å². The molecule has 0 spiro atoms. The molecule has 2 rings (SSSR count). The van der Waals surface area contributed by atoms with Gasteiger partial charge in [0.25, 0.3) is 5.56 Å². The summed E-state index contributed by atoms with van der Waals surface area (Å²) in [7, 11) is 0. The van der Waals surface area contributed by atoms with Gasteiger partial charge in [0, 0.05) is 11.1 Å². The van der Waals surface area contributed by atoms with E-state index in [-0.39, 0.29) is 5.56 Å². The summed E-state index contributed by atoms with van der Waals surface area (Å²) in [5.41, 5.74) is 1.28. The zero-order chi connectivity index (χ0) is 16.8. The molecule has 0 aromatic carbocycles. The largest absolute Gasteiger partial charge is 0.282 e. The molecule has 4 nitrogen and oxygen atoms in total. The van der Waals surface area contributed by atoms with Crippen LogP contribution in [0.1, 0.15) is 51.8 Å². The average Bonchev–Trinajstić information content (AvgIpc) is 2.93. The maximum Gasteiger partial charge on any atom is 0.282 e. The molecule has 1 atom stereocenters. The van der Waals surface area contributed by atoms with Crippen molar-refractivity contribution in [3.05, 3.63) is 39.3 Å². The van der Waals surface area contributed by atoms with Crippen molar-refractivity contribution in [3.8, 4) is 0 Å². The van der Waals surface area contributed by atoms with Crippen LogP contribution in [0.15, 0.2) is 33.9 Å². The standard InChI is InChI=1S/C18H25N3OS/c1-5-15-11-16-17(23-15)19-12-21(18(16)22)20-10-9-14(4)8-6-7-13(2)3/h7,10-12,14H,5-6,8-9H2,1-4H3/b20-10-/t14-/m0/s1. The molecule has 2 aromatic heterocycles. The number of nitrogens with zero attached hydrogens (tertiary/aromatic N) is 3. The Balaban J connectivity index is 2.02. The molecule has 0 aliphatic heterocycles. The van der Waals surface area contributed by atoms with Gasteiger partial charge < -0.3 is 0 Å². The minimum atomic E-state index is -0.0839. The van der Waals surface area contributed by atoms with Gasteiger partial charge >= 0.3 is 0 Å². The molecule has 0 amide bonds. The highest BCUT2D eigenvalue weighted by Crippen LogP contribution is 2.20. The zero-order valence-electron chi connectivity index (χ0n) is 14.4. The van der Waals surface area contributed by atoms with Crippen molar-refractivity contribution in [2.24, 2.45) is 11.0 Å². The molecule has 0 saturated carbocycles. The van der Waals surface area contributed by atoms with Crippen LogP contribution in [0.4, 0.5) is 0 Å². The Morgan fingerprint density at radius 3 is 2.96 bits per heavy atom. The Morgan fingerprint density at radius 2 is 2.26 bits per heavy atom. The lowest BCUT2D eigenvalue weighted by Gasteiger charge is -2.06. The minimum absolute atomic E-state index is 0.0839. The van der Waals surface area contributed by atoms with E-state index >= 15 is 0 Å². The highest BCUT2D eigenvalue weighted by molar-refractivity contribution is 7.18. The summed E-state index contributed by atoms with van der Waals surface area (Å²) in [6.45, 7) is 8.53. The Labute approximate surface area is 141 Å². The summed E-state index contributed by atoms with van der Waals surface area (Å²) in [6.07, 6.45) is 9.63. The van der Waals surface area contributed by atoms with E-state index in [0.717, 1.165) is 30.5 Å². The van der Waals surface area contributed by atoms with E-state index < -0.39 is 0 Å². The summed E-state index contributed by atoms with van der Waals surface area (Å²) >= 11 is 1.58. The highest BCUT2D eigenvalue weighted by atomic mass is 32.1. The molecule has 23 heavy (non-hydrogen) atoms. The molecule has 0 N–H and O–H groups in total. The van der Waals surface area contributed by atoms with E-state index in [1.807, 2.05) is 12.3 Å². The first-order valence-electron chi connectivity index (χ1n) is 8.17. The molecule has 0 aliphatic carbocycles. The lowest BCUT2D eigenvalue weighted by atomic mass is 10.0. The molecule has 0 radical (unpaired) electrons. The highest BCUT2D eigenvalue weighted by Gasteiger charge is 2.07. The van der Waals surface area contributed by atoms with Crippen molar-refractivity contribution in [2.75, 3.05) is 0 Å². The van der Waals surface area contributed by atoms with Gasteiger partial charge in [0.05, 0.1) is 5.39 Å². The molecule has 0 saturated heterocycles. The fourth-order valence-corrected chi connectivity index (χ4v) is 3.23. The number of rotatable bonds is 7. The molecule has 0 aliphatic rings. The third-order valence-corrected chi connectivity index (χ3v) is 4.95. The summed E-state index contributed by atoms with van der Waals surface area (Å²) in [5.74, 6) is 0.551. The van der Waals surface area contributed by atoms with Crippen LogP contribution in [0.2, 0.25) is 0 Å². The number of aromatic nitrogens is 2. The van der Waals surface area contributed by atoms with Crippen molar-refractivity contribution < 1.29 is 0 Å². The lowest BCUT2D eigenvalue weighted by molar-refractivity contribution is 0.561. The van der Waals surface area contributed by atoms with Crippen LogP contribution in [0.3, 0.4) is 0 Å². The normalized spacial score (nSPS) is 12.9. The van der Waals surface area contributed by atoms with Gasteiger partial charge in [-0.1, -0.05) is 25.5 Å². The zero-order valence-corrected chi connectivity index (χ0v) is 15.2. The van der Waals surface area contributed by atoms with Crippen molar-refractivity contribution in [1.29, 1.82) is 0 Å². The number of hydrogen-bond donors (Lipinski definition) is 0. The van der Waals surface area contributed by atoms with E-state index in [0.29, 0.717) is 11.3 Å². The molecule has 2 heterocycles. The third-order valence-electron chi connectivity index (χ3n) is 3.76. The Hall–Kier alpha value is -1.75. The van der Waals surface area contributed by atoms with Crippen LogP contribution in [0.25, 0.3) is 10.2 Å². The Kier molecular flexibility index (Phi) is 6.28. The monoisotopic (exact) mass is 331 g/mol. The van der Waals surface area contributed by atoms with Gasteiger partial charge in [-0.25, -0.2) is 4.98 Å². The molecule has 2 aromatic rings. The molecular weight excluding hydrogens is 306 g/mol. The molecule has 0 unspecified atom stereocenters. The van der Waals surface area contributed by atoms with Crippen LogP contribution >= 0.6 is 11.3 Å². The van der Waals surface area contributed by atoms with Gasteiger partial charge in [-0.3, -0.25) is 4.79 Å². The topological polar surface area (TPSA) is 47.2 Å². The second-order valence-corrected chi connectivity index (χ2v) is 7.29.